The van der Waals surface area contributed by atoms with Gasteiger partial charge in [0.2, 0.25) is 0 Å². The molecule has 2 aromatic rings. The SMILES string of the molecule is CC(O)(CNc1ccc(Br)c(F)c1)c1ccccc1. The van der Waals surface area contributed by atoms with E-state index < -0.39 is 5.60 Å². The second-order valence-corrected chi connectivity index (χ2v) is 5.48. The molecule has 2 aromatic carbocycles. The van der Waals surface area contributed by atoms with E-state index in [-0.39, 0.29) is 5.82 Å². The van der Waals surface area contributed by atoms with E-state index >= 15 is 0 Å². The summed E-state index contributed by atoms with van der Waals surface area (Å²) in [5.41, 5.74) is 0.446. The first-order valence-electron chi connectivity index (χ1n) is 5.96. The molecule has 0 saturated carbocycles. The Morgan fingerprint density at radius 3 is 2.53 bits per heavy atom. The molecule has 0 aliphatic rings. The molecule has 0 spiro atoms. The Balaban J connectivity index is 2.07. The van der Waals surface area contributed by atoms with Gasteiger partial charge in [-0.2, -0.15) is 0 Å². The van der Waals surface area contributed by atoms with Gasteiger partial charge in [-0.3, -0.25) is 0 Å². The maximum absolute atomic E-state index is 13.4. The summed E-state index contributed by atoms with van der Waals surface area (Å²) in [7, 11) is 0. The van der Waals surface area contributed by atoms with Crippen molar-refractivity contribution < 1.29 is 9.50 Å². The lowest BCUT2D eigenvalue weighted by Gasteiger charge is -2.24. The van der Waals surface area contributed by atoms with E-state index in [2.05, 4.69) is 21.2 Å². The number of anilines is 1. The zero-order valence-corrected chi connectivity index (χ0v) is 12.1. The van der Waals surface area contributed by atoms with Gasteiger partial charge < -0.3 is 10.4 Å². The minimum absolute atomic E-state index is 0.304. The normalized spacial score (nSPS) is 13.9. The fourth-order valence-electron chi connectivity index (χ4n) is 1.78. The zero-order valence-electron chi connectivity index (χ0n) is 10.5. The highest BCUT2D eigenvalue weighted by Crippen LogP contribution is 2.23. The van der Waals surface area contributed by atoms with Crippen molar-refractivity contribution in [3.63, 3.8) is 0 Å². The molecule has 1 unspecified atom stereocenters. The van der Waals surface area contributed by atoms with Gasteiger partial charge in [-0.15, -0.1) is 0 Å². The van der Waals surface area contributed by atoms with Gasteiger partial charge in [-0.05, 0) is 46.6 Å². The smallest absolute Gasteiger partial charge is 0.139 e. The molecule has 2 N–H and O–H groups in total. The van der Waals surface area contributed by atoms with E-state index in [0.29, 0.717) is 16.7 Å². The molecular weight excluding hydrogens is 309 g/mol. The molecular formula is C15H15BrFNO. The van der Waals surface area contributed by atoms with E-state index in [1.165, 1.54) is 6.07 Å². The highest BCUT2D eigenvalue weighted by molar-refractivity contribution is 9.10. The maximum atomic E-state index is 13.4. The van der Waals surface area contributed by atoms with Gasteiger partial charge in [0.25, 0.3) is 0 Å². The number of benzene rings is 2. The standard InChI is InChI=1S/C15H15BrFNO/c1-15(19,11-5-3-2-4-6-11)10-18-12-7-8-13(16)14(17)9-12/h2-9,18-19H,10H2,1H3. The molecule has 2 rings (SSSR count). The van der Waals surface area contributed by atoms with Crippen LogP contribution in [-0.2, 0) is 5.60 Å². The molecule has 100 valence electrons. The highest BCUT2D eigenvalue weighted by atomic mass is 79.9. The molecule has 0 heterocycles. The van der Waals surface area contributed by atoms with Crippen molar-refractivity contribution in [2.45, 2.75) is 12.5 Å². The lowest BCUT2D eigenvalue weighted by atomic mass is 9.96. The summed E-state index contributed by atoms with van der Waals surface area (Å²) in [6, 6.07) is 14.2. The molecule has 19 heavy (non-hydrogen) atoms. The second kappa shape index (κ2) is 5.72. The minimum Gasteiger partial charge on any atom is -0.384 e. The lowest BCUT2D eigenvalue weighted by Crippen LogP contribution is -2.30. The summed E-state index contributed by atoms with van der Waals surface area (Å²) < 4.78 is 13.8. The van der Waals surface area contributed by atoms with Gasteiger partial charge in [0.15, 0.2) is 0 Å². The monoisotopic (exact) mass is 323 g/mol. The van der Waals surface area contributed by atoms with Crippen molar-refractivity contribution in [2.24, 2.45) is 0 Å². The molecule has 1 atom stereocenters. The molecule has 0 bridgehead atoms. The molecule has 0 saturated heterocycles. The third-order valence-electron chi connectivity index (χ3n) is 2.95. The van der Waals surface area contributed by atoms with Crippen LogP contribution < -0.4 is 5.32 Å². The van der Waals surface area contributed by atoms with Gasteiger partial charge >= 0.3 is 0 Å². The predicted octanol–water partition coefficient (Wildman–Crippen LogP) is 3.91. The summed E-state index contributed by atoms with van der Waals surface area (Å²) in [5, 5.41) is 13.4. The number of halogens is 2. The van der Waals surface area contributed by atoms with Crippen LogP contribution in [0.25, 0.3) is 0 Å². The van der Waals surface area contributed by atoms with Crippen LogP contribution in [0, 0.1) is 5.82 Å². The van der Waals surface area contributed by atoms with Crippen LogP contribution in [0.3, 0.4) is 0 Å². The highest BCUT2D eigenvalue weighted by Gasteiger charge is 2.22. The Bertz CT molecular complexity index is 557. The van der Waals surface area contributed by atoms with E-state index in [1.807, 2.05) is 30.3 Å². The first-order valence-corrected chi connectivity index (χ1v) is 6.75. The first kappa shape index (κ1) is 14.0. The molecule has 0 radical (unpaired) electrons. The van der Waals surface area contributed by atoms with Crippen LogP contribution in [0.2, 0.25) is 0 Å². The van der Waals surface area contributed by atoms with Crippen LogP contribution in [0.1, 0.15) is 12.5 Å². The molecule has 0 aliphatic heterocycles. The van der Waals surface area contributed by atoms with E-state index in [4.69, 9.17) is 0 Å². The summed E-state index contributed by atoms with van der Waals surface area (Å²) >= 11 is 3.10. The third-order valence-corrected chi connectivity index (χ3v) is 3.60. The van der Waals surface area contributed by atoms with Crippen LogP contribution in [0.4, 0.5) is 10.1 Å². The summed E-state index contributed by atoms with van der Waals surface area (Å²) in [5.74, 6) is -0.329. The van der Waals surface area contributed by atoms with Gasteiger partial charge in [-0.1, -0.05) is 30.3 Å². The Kier molecular flexibility index (Phi) is 4.22. The van der Waals surface area contributed by atoms with Crippen molar-refractivity contribution >= 4 is 21.6 Å². The Labute approximate surface area is 120 Å². The Morgan fingerprint density at radius 2 is 1.89 bits per heavy atom. The number of hydrogen-bond donors (Lipinski definition) is 2. The largest absolute Gasteiger partial charge is 0.384 e. The third kappa shape index (κ3) is 3.55. The fourth-order valence-corrected chi connectivity index (χ4v) is 2.03. The topological polar surface area (TPSA) is 32.3 Å². The van der Waals surface area contributed by atoms with E-state index in [1.54, 1.807) is 19.1 Å². The van der Waals surface area contributed by atoms with Gasteiger partial charge in [0.1, 0.15) is 11.4 Å². The summed E-state index contributed by atoms with van der Waals surface area (Å²) in [6.45, 7) is 2.03. The van der Waals surface area contributed by atoms with E-state index in [9.17, 15) is 9.50 Å². The van der Waals surface area contributed by atoms with Crippen molar-refractivity contribution in [3.05, 3.63) is 64.4 Å². The second-order valence-electron chi connectivity index (χ2n) is 4.62. The Hall–Kier alpha value is -1.39. The van der Waals surface area contributed by atoms with Gasteiger partial charge in [0, 0.05) is 12.2 Å². The first-order chi connectivity index (χ1) is 8.99. The van der Waals surface area contributed by atoms with Crippen LogP contribution in [0.5, 0.6) is 0 Å². The van der Waals surface area contributed by atoms with Crippen LogP contribution >= 0.6 is 15.9 Å². The van der Waals surface area contributed by atoms with Crippen molar-refractivity contribution in [1.82, 2.24) is 0 Å². The lowest BCUT2D eigenvalue weighted by molar-refractivity contribution is 0.0715. The summed E-state index contributed by atoms with van der Waals surface area (Å²) in [6.07, 6.45) is 0. The number of rotatable bonds is 4. The fraction of sp³-hybridized carbons (Fsp3) is 0.200. The van der Waals surface area contributed by atoms with E-state index in [0.717, 1.165) is 5.56 Å². The molecule has 4 heteroatoms. The number of hydrogen-bond acceptors (Lipinski definition) is 2. The molecule has 0 fully saturated rings. The minimum atomic E-state index is -1.01. The molecule has 0 amide bonds. The molecule has 0 aliphatic carbocycles. The quantitative estimate of drug-likeness (QED) is 0.894. The van der Waals surface area contributed by atoms with Crippen molar-refractivity contribution in [1.29, 1.82) is 0 Å². The number of nitrogens with one attached hydrogen (secondary N) is 1. The zero-order chi connectivity index (χ0) is 13.9. The summed E-state index contributed by atoms with van der Waals surface area (Å²) in [4.78, 5) is 0. The average Bonchev–Trinajstić information content (AvgIpc) is 2.41. The van der Waals surface area contributed by atoms with Gasteiger partial charge in [-0.25, -0.2) is 4.39 Å². The van der Waals surface area contributed by atoms with Crippen LogP contribution in [0.15, 0.2) is 53.0 Å². The van der Waals surface area contributed by atoms with Crippen molar-refractivity contribution in [3.8, 4) is 0 Å². The average molecular weight is 324 g/mol. The number of aliphatic hydroxyl groups is 1. The van der Waals surface area contributed by atoms with Crippen molar-refractivity contribution in [2.75, 3.05) is 11.9 Å². The Morgan fingerprint density at radius 1 is 1.21 bits per heavy atom. The molecule has 0 aromatic heterocycles. The molecule has 2 nitrogen and oxygen atoms in total. The maximum Gasteiger partial charge on any atom is 0.139 e. The predicted molar refractivity (Wildman–Crippen MR) is 78.6 cm³/mol. The van der Waals surface area contributed by atoms with Crippen LogP contribution in [-0.4, -0.2) is 11.7 Å². The van der Waals surface area contributed by atoms with Gasteiger partial charge in [0.05, 0.1) is 4.47 Å².